The van der Waals surface area contributed by atoms with Crippen molar-refractivity contribution in [2.24, 2.45) is 0 Å². The Balaban J connectivity index is 3.53. The zero-order valence-corrected chi connectivity index (χ0v) is 7.87. The minimum atomic E-state index is -0.679. The minimum Gasteiger partial charge on any atom is -0.258 e. The van der Waals surface area contributed by atoms with E-state index in [0.29, 0.717) is 5.57 Å². The van der Waals surface area contributed by atoms with Gasteiger partial charge in [-0.3, -0.25) is 10.1 Å². The van der Waals surface area contributed by atoms with Gasteiger partial charge in [-0.25, -0.2) is 9.37 Å². The molecule has 0 aliphatic heterocycles. The lowest BCUT2D eigenvalue weighted by molar-refractivity contribution is -0.386. The highest BCUT2D eigenvalue weighted by atomic mass is 19.1. The standard InChI is InChI=1S/C9H9FN2O2/c1-5(2)8-9(12(13)14)6(3)7(10)4-11-8/h4H,1H2,2-3H3. The highest BCUT2D eigenvalue weighted by Gasteiger charge is 2.21. The third-order valence-corrected chi connectivity index (χ3v) is 1.83. The van der Waals surface area contributed by atoms with Crippen molar-refractivity contribution >= 4 is 11.3 Å². The van der Waals surface area contributed by atoms with Crippen molar-refractivity contribution in [2.45, 2.75) is 13.8 Å². The monoisotopic (exact) mass is 196 g/mol. The van der Waals surface area contributed by atoms with E-state index in [2.05, 4.69) is 11.6 Å². The predicted molar refractivity (Wildman–Crippen MR) is 50.3 cm³/mol. The Labute approximate surface area is 80.2 Å². The maximum Gasteiger partial charge on any atom is 0.300 e. The number of nitro groups is 1. The van der Waals surface area contributed by atoms with Gasteiger partial charge in [0, 0.05) is 0 Å². The fourth-order valence-electron chi connectivity index (χ4n) is 1.11. The van der Waals surface area contributed by atoms with Crippen molar-refractivity contribution in [3.05, 3.63) is 40.0 Å². The summed E-state index contributed by atoms with van der Waals surface area (Å²) in [5.74, 6) is -0.679. The lowest BCUT2D eigenvalue weighted by atomic mass is 10.1. The number of halogens is 1. The molecule has 1 heterocycles. The first-order valence-electron chi connectivity index (χ1n) is 3.90. The second kappa shape index (κ2) is 3.53. The van der Waals surface area contributed by atoms with Crippen molar-refractivity contribution in [1.82, 2.24) is 4.98 Å². The van der Waals surface area contributed by atoms with Crippen LogP contribution < -0.4 is 0 Å². The van der Waals surface area contributed by atoms with Gasteiger partial charge in [-0.15, -0.1) is 0 Å². The van der Waals surface area contributed by atoms with Crippen molar-refractivity contribution in [3.63, 3.8) is 0 Å². The maximum atomic E-state index is 13.0. The maximum absolute atomic E-state index is 13.0. The van der Waals surface area contributed by atoms with Crippen LogP contribution in [0.3, 0.4) is 0 Å². The van der Waals surface area contributed by atoms with E-state index in [4.69, 9.17) is 0 Å². The molecule has 0 saturated heterocycles. The number of hydrogen-bond acceptors (Lipinski definition) is 3. The average Bonchev–Trinajstić information content (AvgIpc) is 2.08. The Morgan fingerprint density at radius 3 is 2.71 bits per heavy atom. The Hall–Kier alpha value is -1.78. The third-order valence-electron chi connectivity index (χ3n) is 1.83. The first-order chi connectivity index (χ1) is 6.45. The Morgan fingerprint density at radius 2 is 2.29 bits per heavy atom. The largest absolute Gasteiger partial charge is 0.300 e. The van der Waals surface area contributed by atoms with Gasteiger partial charge in [-0.05, 0) is 19.4 Å². The molecule has 0 aliphatic rings. The van der Waals surface area contributed by atoms with Crippen LogP contribution in [0.15, 0.2) is 12.8 Å². The second-order valence-corrected chi connectivity index (χ2v) is 2.97. The summed E-state index contributed by atoms with van der Waals surface area (Å²) in [6.45, 7) is 6.49. The zero-order valence-electron chi connectivity index (χ0n) is 7.87. The van der Waals surface area contributed by atoms with Gasteiger partial charge >= 0.3 is 5.69 Å². The van der Waals surface area contributed by atoms with Crippen molar-refractivity contribution in [2.75, 3.05) is 0 Å². The van der Waals surface area contributed by atoms with E-state index in [0.717, 1.165) is 6.20 Å². The lowest BCUT2D eigenvalue weighted by Crippen LogP contribution is -2.01. The van der Waals surface area contributed by atoms with E-state index in [1.165, 1.54) is 6.92 Å². The molecule has 5 heteroatoms. The molecule has 0 bridgehead atoms. The molecule has 0 radical (unpaired) electrons. The molecule has 74 valence electrons. The lowest BCUT2D eigenvalue weighted by Gasteiger charge is -2.03. The summed E-state index contributed by atoms with van der Waals surface area (Å²) >= 11 is 0. The molecule has 14 heavy (non-hydrogen) atoms. The van der Waals surface area contributed by atoms with E-state index >= 15 is 0 Å². The fraction of sp³-hybridized carbons (Fsp3) is 0.222. The number of pyridine rings is 1. The van der Waals surface area contributed by atoms with Crippen LogP contribution >= 0.6 is 0 Å². The summed E-state index contributed by atoms with van der Waals surface area (Å²) in [7, 11) is 0. The Bertz CT molecular complexity index is 416. The first kappa shape index (κ1) is 10.3. The molecule has 0 atom stereocenters. The third kappa shape index (κ3) is 1.61. The second-order valence-electron chi connectivity index (χ2n) is 2.97. The molecule has 0 amide bonds. The van der Waals surface area contributed by atoms with Gasteiger partial charge in [0.2, 0.25) is 0 Å². The topological polar surface area (TPSA) is 56.0 Å². The van der Waals surface area contributed by atoms with E-state index < -0.39 is 10.7 Å². The van der Waals surface area contributed by atoms with Crippen LogP contribution in [-0.2, 0) is 0 Å². The summed E-state index contributed by atoms with van der Waals surface area (Å²) in [6.07, 6.45) is 0.965. The average molecular weight is 196 g/mol. The zero-order chi connectivity index (χ0) is 10.9. The highest BCUT2D eigenvalue weighted by Crippen LogP contribution is 2.27. The minimum absolute atomic E-state index is 0.0111. The van der Waals surface area contributed by atoms with Gasteiger partial charge in [-0.1, -0.05) is 6.58 Å². The molecule has 4 nitrogen and oxygen atoms in total. The van der Waals surface area contributed by atoms with Gasteiger partial charge in [0.1, 0.15) is 5.69 Å². The summed E-state index contributed by atoms with van der Waals surface area (Å²) in [6, 6.07) is 0. The summed E-state index contributed by atoms with van der Waals surface area (Å²) < 4.78 is 13.0. The van der Waals surface area contributed by atoms with Gasteiger partial charge in [0.05, 0.1) is 16.7 Å². The number of rotatable bonds is 2. The normalized spacial score (nSPS) is 9.93. The van der Waals surface area contributed by atoms with Crippen LogP contribution in [0.2, 0.25) is 0 Å². The molecule has 0 saturated carbocycles. The van der Waals surface area contributed by atoms with Crippen molar-refractivity contribution < 1.29 is 9.31 Å². The van der Waals surface area contributed by atoms with E-state index in [1.807, 2.05) is 0 Å². The Kier molecular flexibility index (Phi) is 2.60. The smallest absolute Gasteiger partial charge is 0.258 e. The summed E-state index contributed by atoms with van der Waals surface area (Å²) in [4.78, 5) is 13.7. The molecular formula is C9H9FN2O2. The van der Waals surface area contributed by atoms with Gasteiger partial charge < -0.3 is 0 Å². The molecule has 0 aromatic carbocycles. The molecule has 1 aromatic rings. The molecule has 1 aromatic heterocycles. The van der Waals surface area contributed by atoms with Crippen molar-refractivity contribution in [1.29, 1.82) is 0 Å². The molecule has 0 aliphatic carbocycles. The van der Waals surface area contributed by atoms with E-state index in [9.17, 15) is 14.5 Å². The van der Waals surface area contributed by atoms with Crippen molar-refractivity contribution in [3.8, 4) is 0 Å². The van der Waals surface area contributed by atoms with Crippen LogP contribution in [0.5, 0.6) is 0 Å². The SMILES string of the molecule is C=C(C)c1ncc(F)c(C)c1[N+](=O)[O-]. The molecule has 0 unspecified atom stereocenters. The van der Waals surface area contributed by atoms with E-state index in [1.54, 1.807) is 6.92 Å². The fourth-order valence-corrected chi connectivity index (χ4v) is 1.11. The quantitative estimate of drug-likeness (QED) is 0.539. The number of aromatic nitrogens is 1. The first-order valence-corrected chi connectivity index (χ1v) is 3.90. The van der Waals surface area contributed by atoms with Crippen LogP contribution in [0.4, 0.5) is 10.1 Å². The van der Waals surface area contributed by atoms with Gasteiger partial charge in [0.15, 0.2) is 5.82 Å². The van der Waals surface area contributed by atoms with Crippen LogP contribution in [0, 0.1) is 22.9 Å². The van der Waals surface area contributed by atoms with Gasteiger partial charge in [0.25, 0.3) is 0 Å². The summed E-state index contributed by atoms with van der Waals surface area (Å²) in [5.41, 5.74) is 0.259. The highest BCUT2D eigenvalue weighted by molar-refractivity contribution is 5.68. The Morgan fingerprint density at radius 1 is 1.71 bits per heavy atom. The summed E-state index contributed by atoms with van der Waals surface area (Å²) in [5, 5.41) is 10.7. The molecular weight excluding hydrogens is 187 g/mol. The van der Waals surface area contributed by atoms with Gasteiger partial charge in [-0.2, -0.15) is 0 Å². The number of hydrogen-bond donors (Lipinski definition) is 0. The van der Waals surface area contributed by atoms with E-state index in [-0.39, 0.29) is 16.9 Å². The predicted octanol–water partition coefficient (Wildman–Crippen LogP) is 2.47. The molecule has 0 spiro atoms. The molecule has 0 fully saturated rings. The number of nitrogens with zero attached hydrogens (tertiary/aromatic N) is 2. The molecule has 0 N–H and O–H groups in total. The van der Waals surface area contributed by atoms with Crippen LogP contribution in [0.1, 0.15) is 18.2 Å². The molecule has 1 rings (SSSR count). The van der Waals surface area contributed by atoms with Crippen LogP contribution in [0.25, 0.3) is 5.57 Å². The number of allylic oxidation sites excluding steroid dienone is 1. The van der Waals surface area contributed by atoms with Crippen LogP contribution in [-0.4, -0.2) is 9.91 Å².